The fourth-order valence-electron chi connectivity index (χ4n) is 2.83. The van der Waals surface area contributed by atoms with Crippen molar-refractivity contribution in [1.82, 2.24) is 10.2 Å². The highest BCUT2D eigenvalue weighted by Crippen LogP contribution is 2.32. The second kappa shape index (κ2) is 9.27. The van der Waals surface area contributed by atoms with Gasteiger partial charge in [-0.15, -0.1) is 22.0 Å². The summed E-state index contributed by atoms with van der Waals surface area (Å²) in [5.74, 6) is -0.676. The van der Waals surface area contributed by atoms with Crippen molar-refractivity contribution in [3.05, 3.63) is 63.6 Å². The van der Waals surface area contributed by atoms with Crippen LogP contribution >= 0.6 is 23.1 Å². The van der Waals surface area contributed by atoms with E-state index in [0.717, 1.165) is 22.7 Å². The number of rotatable bonds is 6. The first-order valence-corrected chi connectivity index (χ1v) is 11.3. The fourth-order valence-corrected chi connectivity index (χ4v) is 4.27. The number of nitrogens with one attached hydrogen (secondary N) is 2. The number of carbonyl (C=O) groups is 3. The van der Waals surface area contributed by atoms with Crippen molar-refractivity contribution < 1.29 is 19.1 Å². The molecule has 2 amide bonds. The maximum atomic E-state index is 12.4. The maximum Gasteiger partial charge on any atom is 0.338 e. The summed E-state index contributed by atoms with van der Waals surface area (Å²) in [7, 11) is 0. The van der Waals surface area contributed by atoms with Gasteiger partial charge in [0.1, 0.15) is 6.61 Å². The predicted octanol–water partition coefficient (Wildman–Crippen LogP) is 3.75. The van der Waals surface area contributed by atoms with E-state index in [9.17, 15) is 14.4 Å². The monoisotopic (exact) mass is 454 g/mol. The zero-order valence-electron chi connectivity index (χ0n) is 16.5. The molecule has 158 valence electrons. The largest absolute Gasteiger partial charge is 0.455 e. The van der Waals surface area contributed by atoms with Crippen LogP contribution in [-0.4, -0.2) is 33.7 Å². The van der Waals surface area contributed by atoms with Gasteiger partial charge in [-0.05, 0) is 42.3 Å². The lowest BCUT2D eigenvalue weighted by Crippen LogP contribution is -2.19. The number of hydrogen-bond acceptors (Lipinski definition) is 8. The summed E-state index contributed by atoms with van der Waals surface area (Å²) < 4.78 is 5.29. The molecule has 0 atom stereocenters. The van der Waals surface area contributed by atoms with Crippen molar-refractivity contribution in [2.75, 3.05) is 16.4 Å². The number of aryl methyl sites for hydroxylation is 1. The Balaban J connectivity index is 1.34. The summed E-state index contributed by atoms with van der Waals surface area (Å²) >= 11 is 2.47. The lowest BCUT2D eigenvalue weighted by Gasteiger charge is -2.16. The highest BCUT2D eigenvalue weighted by Gasteiger charge is 2.19. The van der Waals surface area contributed by atoms with E-state index in [1.807, 2.05) is 24.3 Å². The highest BCUT2D eigenvalue weighted by atomic mass is 32.2. The SMILES string of the molecule is CCc1ccc(NC(=O)c2nnc(COC(=O)c3ccc4c(c3)NC(=O)CS4)s2)cc1. The minimum atomic E-state index is -0.551. The minimum absolute atomic E-state index is 0.104. The van der Waals surface area contributed by atoms with Crippen molar-refractivity contribution in [2.45, 2.75) is 24.8 Å². The first-order valence-electron chi connectivity index (χ1n) is 9.48. The Bertz CT molecular complexity index is 1140. The molecule has 4 rings (SSSR count). The predicted molar refractivity (Wildman–Crippen MR) is 119 cm³/mol. The van der Waals surface area contributed by atoms with Crippen molar-refractivity contribution in [1.29, 1.82) is 0 Å². The van der Waals surface area contributed by atoms with Gasteiger partial charge in [-0.1, -0.05) is 30.4 Å². The summed E-state index contributed by atoms with van der Waals surface area (Å²) in [5, 5.41) is 13.9. The van der Waals surface area contributed by atoms with E-state index < -0.39 is 5.97 Å². The second-order valence-corrected chi connectivity index (χ2v) is 8.71. The summed E-state index contributed by atoms with van der Waals surface area (Å²) in [6.07, 6.45) is 0.922. The van der Waals surface area contributed by atoms with Gasteiger partial charge in [0, 0.05) is 10.6 Å². The standard InChI is InChI=1S/C21H18N4O4S2/c1-2-12-3-6-14(7-4-12)22-19(27)20-25-24-18(31-20)10-29-21(28)13-5-8-16-15(9-13)23-17(26)11-30-16/h3-9H,2,10-11H2,1H3,(H,22,27)(H,23,26). The highest BCUT2D eigenvalue weighted by molar-refractivity contribution is 8.00. The van der Waals surface area contributed by atoms with Gasteiger partial charge >= 0.3 is 5.97 Å². The number of fused-ring (bicyclic) bond motifs is 1. The van der Waals surface area contributed by atoms with Crippen LogP contribution in [-0.2, 0) is 22.6 Å². The Morgan fingerprint density at radius 2 is 1.97 bits per heavy atom. The molecule has 0 saturated carbocycles. The average molecular weight is 455 g/mol. The van der Waals surface area contributed by atoms with E-state index in [2.05, 4.69) is 27.8 Å². The lowest BCUT2D eigenvalue weighted by atomic mass is 10.1. The number of benzene rings is 2. The van der Waals surface area contributed by atoms with Gasteiger partial charge in [-0.2, -0.15) is 0 Å². The lowest BCUT2D eigenvalue weighted by molar-refractivity contribution is -0.113. The number of esters is 1. The molecule has 2 N–H and O–H groups in total. The van der Waals surface area contributed by atoms with Crippen LogP contribution < -0.4 is 10.6 Å². The summed E-state index contributed by atoms with van der Waals surface area (Å²) in [6, 6.07) is 12.6. The normalized spacial score (nSPS) is 12.6. The Labute approximate surface area is 186 Å². The number of aromatic nitrogens is 2. The average Bonchev–Trinajstić information content (AvgIpc) is 3.26. The third kappa shape index (κ3) is 5.09. The molecule has 10 heteroatoms. The van der Waals surface area contributed by atoms with E-state index >= 15 is 0 Å². The minimum Gasteiger partial charge on any atom is -0.455 e. The van der Waals surface area contributed by atoms with Gasteiger partial charge in [0.05, 0.1) is 17.0 Å². The second-order valence-electron chi connectivity index (χ2n) is 6.63. The number of hydrogen-bond donors (Lipinski definition) is 2. The Morgan fingerprint density at radius 1 is 1.16 bits per heavy atom. The summed E-state index contributed by atoms with van der Waals surface area (Å²) in [4.78, 5) is 37.1. The molecule has 0 unspecified atom stereocenters. The quantitative estimate of drug-likeness (QED) is 0.546. The number of nitrogens with zero attached hydrogens (tertiary/aromatic N) is 2. The van der Waals surface area contributed by atoms with Gasteiger partial charge in [-0.25, -0.2) is 4.79 Å². The number of amides is 2. The fraction of sp³-hybridized carbons (Fsp3) is 0.190. The molecule has 0 saturated heterocycles. The summed E-state index contributed by atoms with van der Waals surface area (Å²) in [6.45, 7) is 1.96. The molecule has 1 aliphatic rings. The third-order valence-electron chi connectivity index (χ3n) is 4.46. The molecule has 2 aromatic carbocycles. The molecule has 8 nitrogen and oxygen atoms in total. The van der Waals surface area contributed by atoms with Crippen LogP contribution in [0.3, 0.4) is 0 Å². The van der Waals surface area contributed by atoms with Crippen LogP contribution in [0, 0.1) is 0 Å². The molecule has 3 aromatic rings. The molecule has 0 radical (unpaired) electrons. The van der Waals surface area contributed by atoms with Crippen LogP contribution in [0.2, 0.25) is 0 Å². The van der Waals surface area contributed by atoms with E-state index in [0.29, 0.717) is 27.7 Å². The molecule has 2 heterocycles. The van der Waals surface area contributed by atoms with Crippen LogP contribution in [0.5, 0.6) is 0 Å². The molecule has 1 aliphatic heterocycles. The number of ether oxygens (including phenoxy) is 1. The maximum absolute atomic E-state index is 12.4. The topological polar surface area (TPSA) is 110 Å². The van der Waals surface area contributed by atoms with E-state index in [1.165, 1.54) is 17.3 Å². The van der Waals surface area contributed by atoms with Gasteiger partial charge < -0.3 is 15.4 Å². The van der Waals surface area contributed by atoms with E-state index in [-0.39, 0.29) is 23.4 Å². The Morgan fingerprint density at radius 3 is 2.74 bits per heavy atom. The molecular weight excluding hydrogens is 436 g/mol. The molecular formula is C21H18N4O4S2. The van der Waals surface area contributed by atoms with Gasteiger partial charge in [0.15, 0.2) is 5.01 Å². The first kappa shape index (κ1) is 21.0. The molecule has 0 spiro atoms. The van der Waals surface area contributed by atoms with Crippen LogP contribution in [0.15, 0.2) is 47.4 Å². The Hall–Kier alpha value is -3.24. The number of carbonyl (C=O) groups excluding carboxylic acids is 3. The molecule has 1 aromatic heterocycles. The van der Waals surface area contributed by atoms with Gasteiger partial charge in [-0.3, -0.25) is 9.59 Å². The van der Waals surface area contributed by atoms with E-state index in [4.69, 9.17) is 4.74 Å². The van der Waals surface area contributed by atoms with Crippen molar-refractivity contribution in [3.8, 4) is 0 Å². The molecule has 31 heavy (non-hydrogen) atoms. The van der Waals surface area contributed by atoms with Crippen LogP contribution in [0.1, 0.15) is 37.7 Å². The van der Waals surface area contributed by atoms with Crippen molar-refractivity contribution in [3.63, 3.8) is 0 Å². The molecule has 0 bridgehead atoms. The molecule has 0 aliphatic carbocycles. The number of anilines is 2. The summed E-state index contributed by atoms with van der Waals surface area (Å²) in [5.41, 5.74) is 2.76. The van der Waals surface area contributed by atoms with E-state index in [1.54, 1.807) is 18.2 Å². The van der Waals surface area contributed by atoms with Crippen molar-refractivity contribution in [2.24, 2.45) is 0 Å². The number of thioether (sulfide) groups is 1. The van der Waals surface area contributed by atoms with Gasteiger partial charge in [0.2, 0.25) is 10.9 Å². The van der Waals surface area contributed by atoms with Gasteiger partial charge in [0.25, 0.3) is 5.91 Å². The van der Waals surface area contributed by atoms with Crippen LogP contribution in [0.25, 0.3) is 0 Å². The smallest absolute Gasteiger partial charge is 0.338 e. The Kier molecular flexibility index (Phi) is 6.28. The van der Waals surface area contributed by atoms with Crippen LogP contribution in [0.4, 0.5) is 11.4 Å². The zero-order chi connectivity index (χ0) is 21.8. The third-order valence-corrected chi connectivity index (χ3v) is 6.43. The zero-order valence-corrected chi connectivity index (χ0v) is 18.1. The van der Waals surface area contributed by atoms with Crippen molar-refractivity contribution >= 4 is 52.3 Å². The first-order chi connectivity index (χ1) is 15.0. The molecule has 0 fully saturated rings.